The molecule has 0 aliphatic heterocycles. The Morgan fingerprint density at radius 2 is 1.83 bits per heavy atom. The minimum Gasteiger partial charge on any atom is -0.368 e. The number of rotatable bonds is 6. The topological polar surface area (TPSA) is 132 Å². The Kier molecular flexibility index (Phi) is 4.86. The summed E-state index contributed by atoms with van der Waals surface area (Å²) in [6, 6.07) is 13.2. The van der Waals surface area contributed by atoms with Gasteiger partial charge in [0.1, 0.15) is 6.04 Å². The molecule has 154 valence electrons. The molecule has 0 unspecified atom stereocenters. The molecule has 0 saturated heterocycles. The fraction of sp³-hybridized carbons (Fsp3) is 0.200. The summed E-state index contributed by atoms with van der Waals surface area (Å²) in [6.07, 6.45) is 1.64. The minimum absolute atomic E-state index is 0.219. The number of carbonyl (C=O) groups is 1. The zero-order valence-electron chi connectivity index (χ0n) is 16.4. The summed E-state index contributed by atoms with van der Waals surface area (Å²) in [5.41, 5.74) is 7.38. The van der Waals surface area contributed by atoms with Crippen molar-refractivity contribution >= 4 is 38.2 Å². The van der Waals surface area contributed by atoms with Crippen LogP contribution in [0.3, 0.4) is 0 Å². The zero-order valence-corrected chi connectivity index (χ0v) is 17.2. The molecule has 0 fully saturated rings. The lowest BCUT2D eigenvalue weighted by Gasteiger charge is -2.15. The van der Waals surface area contributed by atoms with E-state index in [9.17, 15) is 13.2 Å². The number of carbonyl (C=O) groups excluding carboxylic acids is 1. The summed E-state index contributed by atoms with van der Waals surface area (Å²) in [6.45, 7) is 1.84. The third kappa shape index (κ3) is 3.57. The molecule has 1 atom stereocenters. The molecule has 2 heterocycles. The molecule has 9 nitrogen and oxygen atoms in total. The predicted octanol–water partition coefficient (Wildman–Crippen LogP) is 2.02. The molecule has 30 heavy (non-hydrogen) atoms. The second-order valence-corrected chi connectivity index (χ2v) is 8.94. The van der Waals surface area contributed by atoms with Crippen molar-refractivity contribution < 1.29 is 13.2 Å². The summed E-state index contributed by atoms with van der Waals surface area (Å²) in [7, 11) is -3.30. The van der Waals surface area contributed by atoms with Crippen molar-refractivity contribution in [1.29, 1.82) is 0 Å². The van der Waals surface area contributed by atoms with E-state index in [0.717, 1.165) is 11.6 Å². The second-order valence-electron chi connectivity index (χ2n) is 6.93. The lowest BCUT2D eigenvalue weighted by Crippen LogP contribution is -2.35. The van der Waals surface area contributed by atoms with E-state index < -0.39 is 21.8 Å². The van der Waals surface area contributed by atoms with Crippen molar-refractivity contribution in [3.05, 3.63) is 48.5 Å². The molecule has 0 aliphatic carbocycles. The van der Waals surface area contributed by atoms with Crippen LogP contribution in [0.15, 0.2) is 53.4 Å². The number of fused-ring (bicyclic) bond motifs is 3. The summed E-state index contributed by atoms with van der Waals surface area (Å²) in [5.74, 6) is 0.265. The van der Waals surface area contributed by atoms with Crippen molar-refractivity contribution in [2.75, 3.05) is 11.6 Å². The van der Waals surface area contributed by atoms with Gasteiger partial charge in [0.15, 0.2) is 21.3 Å². The Morgan fingerprint density at radius 3 is 2.47 bits per heavy atom. The molecule has 3 N–H and O–H groups in total. The van der Waals surface area contributed by atoms with Gasteiger partial charge in [-0.1, -0.05) is 19.1 Å². The molecular formula is C20H20N6O3S. The Balaban J connectivity index is 1.89. The van der Waals surface area contributed by atoms with Gasteiger partial charge in [0.2, 0.25) is 11.9 Å². The number of nitrogens with two attached hydrogens (primary N) is 1. The van der Waals surface area contributed by atoms with Crippen LogP contribution in [0.2, 0.25) is 0 Å². The van der Waals surface area contributed by atoms with E-state index in [1.54, 1.807) is 12.1 Å². The summed E-state index contributed by atoms with van der Waals surface area (Å²) >= 11 is 0. The second kappa shape index (κ2) is 7.38. The number of hydrogen-bond acceptors (Lipinski definition) is 7. The van der Waals surface area contributed by atoms with Crippen molar-refractivity contribution in [3.63, 3.8) is 0 Å². The first kappa shape index (κ1) is 19.8. The number of benzene rings is 2. The largest absolute Gasteiger partial charge is 0.368 e. The molecule has 2 aromatic heterocycles. The molecule has 0 spiro atoms. The molecule has 0 bridgehead atoms. The fourth-order valence-electron chi connectivity index (χ4n) is 3.15. The van der Waals surface area contributed by atoms with Gasteiger partial charge in [-0.05, 0) is 42.8 Å². The molecule has 10 heteroatoms. The van der Waals surface area contributed by atoms with E-state index in [2.05, 4.69) is 20.4 Å². The Morgan fingerprint density at radius 1 is 1.13 bits per heavy atom. The number of para-hydroxylation sites is 1. The smallest absolute Gasteiger partial charge is 0.239 e. The number of sulfone groups is 1. The number of nitrogens with zero attached hydrogens (tertiary/aromatic N) is 4. The number of hydrogen-bond donors (Lipinski definition) is 2. The zero-order chi connectivity index (χ0) is 21.5. The third-order valence-electron chi connectivity index (χ3n) is 4.77. The number of aromatic nitrogens is 4. The Hall–Kier alpha value is -3.53. The van der Waals surface area contributed by atoms with Gasteiger partial charge in [0.25, 0.3) is 0 Å². The van der Waals surface area contributed by atoms with Crippen molar-refractivity contribution in [1.82, 2.24) is 19.6 Å². The van der Waals surface area contributed by atoms with E-state index in [4.69, 9.17) is 5.73 Å². The van der Waals surface area contributed by atoms with Crippen molar-refractivity contribution in [2.45, 2.75) is 24.3 Å². The van der Waals surface area contributed by atoms with Crippen LogP contribution < -0.4 is 11.1 Å². The van der Waals surface area contributed by atoms with Gasteiger partial charge >= 0.3 is 0 Å². The SMILES string of the molecule is CC[C@@H](Nc1nc2ccccc2c2nc(-c3ccc(S(C)(=O)=O)cc3)nn12)C(N)=O. The fourth-order valence-corrected chi connectivity index (χ4v) is 3.78. The number of primary amides is 1. The average Bonchev–Trinajstić information content (AvgIpc) is 3.17. The first-order valence-corrected chi connectivity index (χ1v) is 11.2. The third-order valence-corrected chi connectivity index (χ3v) is 5.90. The molecule has 0 radical (unpaired) electrons. The van der Waals surface area contributed by atoms with E-state index in [-0.39, 0.29) is 4.90 Å². The summed E-state index contributed by atoms with van der Waals surface area (Å²) < 4.78 is 25.0. The maximum atomic E-state index is 11.7. The Bertz CT molecular complexity index is 1360. The van der Waals surface area contributed by atoms with Gasteiger partial charge in [-0.15, -0.1) is 5.10 Å². The van der Waals surface area contributed by atoms with Crippen LogP contribution in [0.4, 0.5) is 5.95 Å². The van der Waals surface area contributed by atoms with E-state index >= 15 is 0 Å². The maximum Gasteiger partial charge on any atom is 0.239 e. The van der Waals surface area contributed by atoms with Crippen LogP contribution in [-0.4, -0.2) is 46.2 Å². The normalized spacial score (nSPS) is 12.9. The van der Waals surface area contributed by atoms with E-state index in [1.165, 1.54) is 16.6 Å². The molecule has 0 saturated carbocycles. The molecule has 2 aromatic carbocycles. The van der Waals surface area contributed by atoms with Gasteiger partial charge in [0, 0.05) is 17.2 Å². The number of amides is 1. The average molecular weight is 424 g/mol. The molecule has 4 aromatic rings. The van der Waals surface area contributed by atoms with Crippen LogP contribution in [0.1, 0.15) is 13.3 Å². The van der Waals surface area contributed by atoms with Gasteiger partial charge in [0.05, 0.1) is 10.4 Å². The van der Waals surface area contributed by atoms with Crippen molar-refractivity contribution in [2.24, 2.45) is 5.73 Å². The molecule has 0 aliphatic rings. The minimum atomic E-state index is -3.30. The predicted molar refractivity (Wildman–Crippen MR) is 114 cm³/mol. The quantitative estimate of drug-likeness (QED) is 0.484. The van der Waals surface area contributed by atoms with Gasteiger partial charge in [-0.25, -0.2) is 18.4 Å². The van der Waals surface area contributed by atoms with Gasteiger partial charge in [-0.2, -0.15) is 4.52 Å². The molecular weight excluding hydrogens is 404 g/mol. The molecule has 4 rings (SSSR count). The highest BCUT2D eigenvalue weighted by Gasteiger charge is 2.19. The van der Waals surface area contributed by atoms with E-state index in [0.29, 0.717) is 34.9 Å². The first-order valence-electron chi connectivity index (χ1n) is 9.30. The Labute approximate surface area is 172 Å². The highest BCUT2D eigenvalue weighted by atomic mass is 32.2. The van der Waals surface area contributed by atoms with Gasteiger partial charge in [-0.3, -0.25) is 4.79 Å². The number of anilines is 1. The van der Waals surface area contributed by atoms with Crippen LogP contribution in [-0.2, 0) is 14.6 Å². The van der Waals surface area contributed by atoms with Crippen LogP contribution in [0.25, 0.3) is 27.9 Å². The van der Waals surface area contributed by atoms with Crippen molar-refractivity contribution in [3.8, 4) is 11.4 Å². The van der Waals surface area contributed by atoms with Crippen LogP contribution in [0, 0.1) is 0 Å². The lowest BCUT2D eigenvalue weighted by molar-refractivity contribution is -0.118. The monoisotopic (exact) mass is 424 g/mol. The van der Waals surface area contributed by atoms with Crippen LogP contribution in [0.5, 0.6) is 0 Å². The van der Waals surface area contributed by atoms with Crippen LogP contribution >= 0.6 is 0 Å². The number of nitrogens with one attached hydrogen (secondary N) is 1. The standard InChI is InChI=1S/C20H20N6O3S/c1-3-15(17(21)27)22-20-23-16-7-5-4-6-14(16)19-24-18(25-26(19)20)12-8-10-13(11-9-12)30(2,28)29/h4-11,15H,3H2,1-2H3,(H2,21,27)(H,22,23)/t15-/m1/s1. The highest BCUT2D eigenvalue weighted by Crippen LogP contribution is 2.25. The first-order chi connectivity index (χ1) is 14.3. The summed E-state index contributed by atoms with van der Waals surface area (Å²) in [5, 5.41) is 8.40. The van der Waals surface area contributed by atoms with Gasteiger partial charge < -0.3 is 11.1 Å². The van der Waals surface area contributed by atoms with E-state index in [1.807, 2.05) is 31.2 Å². The molecule has 1 amide bonds. The highest BCUT2D eigenvalue weighted by molar-refractivity contribution is 7.90. The maximum absolute atomic E-state index is 11.7. The lowest BCUT2D eigenvalue weighted by atomic mass is 10.2. The summed E-state index contributed by atoms with van der Waals surface area (Å²) in [4.78, 5) is 21.2.